The van der Waals surface area contributed by atoms with Crippen LogP contribution in [0.2, 0.25) is 0 Å². The van der Waals surface area contributed by atoms with E-state index in [1.807, 2.05) is 0 Å². The standard InChI is InChI=1S/C14H16F3NO2/c15-14(16,17)10-4-5-12(18)11(8-10)13(19)20-7-6-9-2-1-3-9/h4-5,8-9H,1-3,6-7,18H2. The highest BCUT2D eigenvalue weighted by Gasteiger charge is 2.31. The van der Waals surface area contributed by atoms with E-state index in [1.54, 1.807) is 0 Å². The van der Waals surface area contributed by atoms with E-state index < -0.39 is 17.7 Å². The minimum atomic E-state index is -4.51. The van der Waals surface area contributed by atoms with Crippen LogP contribution in [0.25, 0.3) is 0 Å². The molecular weight excluding hydrogens is 271 g/mol. The first-order valence-electron chi connectivity index (χ1n) is 6.52. The monoisotopic (exact) mass is 287 g/mol. The number of nitrogen functional groups attached to an aromatic ring is 1. The van der Waals surface area contributed by atoms with Gasteiger partial charge < -0.3 is 10.5 Å². The van der Waals surface area contributed by atoms with Gasteiger partial charge in [-0.3, -0.25) is 0 Å². The van der Waals surface area contributed by atoms with Gasteiger partial charge in [-0.2, -0.15) is 13.2 Å². The molecule has 0 radical (unpaired) electrons. The molecule has 1 aliphatic carbocycles. The fraction of sp³-hybridized carbons (Fsp3) is 0.500. The van der Waals surface area contributed by atoms with Crippen molar-refractivity contribution in [3.8, 4) is 0 Å². The number of halogens is 3. The molecule has 0 aromatic heterocycles. The predicted octanol–water partition coefficient (Wildman–Crippen LogP) is 3.63. The van der Waals surface area contributed by atoms with Gasteiger partial charge in [0.15, 0.2) is 0 Å². The van der Waals surface area contributed by atoms with E-state index in [9.17, 15) is 18.0 Å². The number of benzene rings is 1. The highest BCUT2D eigenvalue weighted by Crippen LogP contribution is 2.32. The van der Waals surface area contributed by atoms with Crippen molar-refractivity contribution in [2.45, 2.75) is 31.9 Å². The number of nitrogens with two attached hydrogens (primary N) is 1. The van der Waals surface area contributed by atoms with E-state index in [4.69, 9.17) is 10.5 Å². The Balaban J connectivity index is 2.00. The van der Waals surface area contributed by atoms with Crippen molar-refractivity contribution < 1.29 is 22.7 Å². The van der Waals surface area contributed by atoms with Crippen LogP contribution >= 0.6 is 0 Å². The molecule has 0 unspecified atom stereocenters. The first-order chi connectivity index (χ1) is 9.38. The summed E-state index contributed by atoms with van der Waals surface area (Å²) in [5.41, 5.74) is 4.39. The number of esters is 1. The number of carbonyl (C=O) groups is 1. The van der Waals surface area contributed by atoms with Gasteiger partial charge in [-0.05, 0) is 30.5 Å². The van der Waals surface area contributed by atoms with Crippen LogP contribution in [0.5, 0.6) is 0 Å². The van der Waals surface area contributed by atoms with Gasteiger partial charge in [-0.25, -0.2) is 4.79 Å². The number of hydrogen-bond acceptors (Lipinski definition) is 3. The second-order valence-electron chi connectivity index (χ2n) is 5.02. The van der Waals surface area contributed by atoms with Crippen LogP contribution in [0.15, 0.2) is 18.2 Å². The maximum atomic E-state index is 12.6. The first-order valence-corrected chi connectivity index (χ1v) is 6.52. The first kappa shape index (κ1) is 14.7. The van der Waals surface area contributed by atoms with E-state index >= 15 is 0 Å². The van der Waals surface area contributed by atoms with Gasteiger partial charge in [0.1, 0.15) is 0 Å². The van der Waals surface area contributed by atoms with Gasteiger partial charge in [0.25, 0.3) is 0 Å². The summed E-state index contributed by atoms with van der Waals surface area (Å²) in [4.78, 5) is 11.8. The molecular formula is C14H16F3NO2. The van der Waals surface area contributed by atoms with Gasteiger partial charge in [-0.1, -0.05) is 19.3 Å². The lowest BCUT2D eigenvalue weighted by atomic mass is 9.83. The molecule has 1 fully saturated rings. The Morgan fingerprint density at radius 1 is 1.35 bits per heavy atom. The van der Waals surface area contributed by atoms with Crippen molar-refractivity contribution >= 4 is 11.7 Å². The smallest absolute Gasteiger partial charge is 0.416 e. The number of hydrogen-bond donors (Lipinski definition) is 1. The van der Waals surface area contributed by atoms with Crippen LogP contribution in [0.3, 0.4) is 0 Å². The molecule has 0 amide bonds. The van der Waals surface area contributed by atoms with E-state index in [2.05, 4.69) is 0 Å². The quantitative estimate of drug-likeness (QED) is 0.679. The van der Waals surface area contributed by atoms with Crippen LogP contribution in [0, 0.1) is 5.92 Å². The molecule has 0 spiro atoms. The average molecular weight is 287 g/mol. The third kappa shape index (κ3) is 3.43. The molecule has 110 valence electrons. The molecule has 0 atom stereocenters. The molecule has 0 heterocycles. The Kier molecular flexibility index (Phi) is 4.20. The van der Waals surface area contributed by atoms with Crippen LogP contribution in [0.1, 0.15) is 41.6 Å². The number of alkyl halides is 3. The summed E-state index contributed by atoms with van der Waals surface area (Å²) in [5.74, 6) is -0.227. The van der Waals surface area contributed by atoms with Crippen molar-refractivity contribution in [2.24, 2.45) is 5.92 Å². The summed E-state index contributed by atoms with van der Waals surface area (Å²) >= 11 is 0. The lowest BCUT2D eigenvalue weighted by Gasteiger charge is -2.24. The zero-order chi connectivity index (χ0) is 14.8. The molecule has 1 saturated carbocycles. The maximum absolute atomic E-state index is 12.6. The largest absolute Gasteiger partial charge is 0.462 e. The van der Waals surface area contributed by atoms with Crippen LogP contribution in [-0.4, -0.2) is 12.6 Å². The minimum absolute atomic E-state index is 0.00774. The number of anilines is 1. The summed E-state index contributed by atoms with van der Waals surface area (Å²) in [5, 5.41) is 0. The summed E-state index contributed by atoms with van der Waals surface area (Å²) < 4.78 is 42.7. The molecule has 1 aromatic carbocycles. The summed E-state index contributed by atoms with van der Waals surface area (Å²) in [7, 11) is 0. The molecule has 1 aromatic rings. The highest BCUT2D eigenvalue weighted by atomic mass is 19.4. The molecule has 3 nitrogen and oxygen atoms in total. The molecule has 0 saturated heterocycles. The van der Waals surface area contributed by atoms with E-state index in [0.29, 0.717) is 5.92 Å². The Hall–Kier alpha value is -1.72. The third-order valence-corrected chi connectivity index (χ3v) is 3.58. The van der Waals surface area contributed by atoms with Gasteiger partial charge in [0.05, 0.1) is 17.7 Å². The van der Waals surface area contributed by atoms with Crippen molar-refractivity contribution in [2.75, 3.05) is 12.3 Å². The third-order valence-electron chi connectivity index (χ3n) is 3.58. The van der Waals surface area contributed by atoms with Gasteiger partial charge in [0, 0.05) is 5.69 Å². The second-order valence-corrected chi connectivity index (χ2v) is 5.02. The SMILES string of the molecule is Nc1ccc(C(F)(F)F)cc1C(=O)OCCC1CCC1. The van der Waals surface area contributed by atoms with Gasteiger partial charge in [0.2, 0.25) is 0 Å². The Labute approximate surface area is 114 Å². The highest BCUT2D eigenvalue weighted by molar-refractivity contribution is 5.95. The summed E-state index contributed by atoms with van der Waals surface area (Å²) in [6.07, 6.45) is -0.301. The van der Waals surface area contributed by atoms with Gasteiger partial charge >= 0.3 is 12.1 Å². The molecule has 2 N–H and O–H groups in total. The van der Waals surface area contributed by atoms with Crippen LogP contribution in [-0.2, 0) is 10.9 Å². The van der Waals surface area contributed by atoms with Crippen molar-refractivity contribution in [3.63, 3.8) is 0 Å². The molecule has 2 rings (SSSR count). The van der Waals surface area contributed by atoms with E-state index in [1.165, 1.54) is 6.42 Å². The fourth-order valence-corrected chi connectivity index (χ4v) is 2.09. The Morgan fingerprint density at radius 3 is 2.60 bits per heavy atom. The lowest BCUT2D eigenvalue weighted by Crippen LogP contribution is -2.16. The maximum Gasteiger partial charge on any atom is 0.416 e. The predicted molar refractivity (Wildman–Crippen MR) is 68.1 cm³/mol. The minimum Gasteiger partial charge on any atom is -0.462 e. The van der Waals surface area contributed by atoms with Crippen LogP contribution < -0.4 is 5.73 Å². The number of rotatable bonds is 4. The average Bonchev–Trinajstić information content (AvgIpc) is 2.31. The van der Waals surface area contributed by atoms with Crippen molar-refractivity contribution in [3.05, 3.63) is 29.3 Å². The molecule has 0 aliphatic heterocycles. The number of ether oxygens (including phenoxy) is 1. The van der Waals surface area contributed by atoms with E-state index in [-0.39, 0.29) is 17.9 Å². The van der Waals surface area contributed by atoms with Gasteiger partial charge in [-0.15, -0.1) is 0 Å². The summed E-state index contributed by atoms with van der Waals surface area (Å²) in [6, 6.07) is 2.66. The normalized spacial score (nSPS) is 15.8. The lowest BCUT2D eigenvalue weighted by molar-refractivity contribution is -0.137. The van der Waals surface area contributed by atoms with Crippen molar-refractivity contribution in [1.82, 2.24) is 0 Å². The Bertz CT molecular complexity index is 496. The summed E-state index contributed by atoms with van der Waals surface area (Å²) in [6.45, 7) is 0.221. The molecule has 1 aliphatic rings. The zero-order valence-corrected chi connectivity index (χ0v) is 10.9. The molecule has 20 heavy (non-hydrogen) atoms. The topological polar surface area (TPSA) is 52.3 Å². The second kappa shape index (κ2) is 5.73. The van der Waals surface area contributed by atoms with Crippen molar-refractivity contribution in [1.29, 1.82) is 0 Å². The van der Waals surface area contributed by atoms with E-state index in [0.717, 1.165) is 37.5 Å². The molecule has 6 heteroatoms. The van der Waals surface area contributed by atoms with Crippen LogP contribution in [0.4, 0.5) is 18.9 Å². The number of carbonyl (C=O) groups excluding carboxylic acids is 1. The fourth-order valence-electron chi connectivity index (χ4n) is 2.09. The molecule has 0 bridgehead atoms. The Morgan fingerprint density at radius 2 is 2.05 bits per heavy atom. The zero-order valence-electron chi connectivity index (χ0n) is 10.9.